The number of ether oxygens (including phenoxy) is 8. The smallest absolute Gasteiger partial charge is 0.199 e. The molecule has 0 N–H and O–H groups in total. The molecular weight excluding hydrogens is 540 g/mol. The van der Waals surface area contributed by atoms with Crippen molar-refractivity contribution >= 4 is 6.29 Å². The lowest BCUT2D eigenvalue weighted by atomic mass is 10.2. The Labute approximate surface area is 246 Å². The van der Waals surface area contributed by atoms with Crippen molar-refractivity contribution in [1.29, 1.82) is 0 Å². The Morgan fingerprint density at radius 3 is 1.50 bits per heavy atom. The highest BCUT2D eigenvalue weighted by molar-refractivity contribution is 5.80. The van der Waals surface area contributed by atoms with Gasteiger partial charge in [0, 0.05) is 12.8 Å². The molecule has 2 saturated heterocycles. The van der Waals surface area contributed by atoms with Crippen molar-refractivity contribution < 1.29 is 42.7 Å². The molecule has 9 nitrogen and oxygen atoms in total. The zero-order valence-electron chi connectivity index (χ0n) is 23.7. The molecule has 0 amide bonds. The van der Waals surface area contributed by atoms with E-state index in [0.717, 1.165) is 69.5 Å². The van der Waals surface area contributed by atoms with Crippen LogP contribution < -0.4 is 28.4 Å². The first kappa shape index (κ1) is 29.5. The van der Waals surface area contributed by atoms with Crippen LogP contribution in [0.1, 0.15) is 48.9 Å². The van der Waals surface area contributed by atoms with Crippen LogP contribution >= 0.6 is 0 Å². The van der Waals surface area contributed by atoms with Crippen LogP contribution in [0.15, 0.2) is 66.7 Å². The standard InChI is InChI=1S/C33H38O9/c34-24-25-23-30(37-20-19-35-26-7-11-28(12-8-26)41-32-5-1-3-17-39-32)15-16-31(25)38-22-21-36-27-9-13-29(14-10-27)42-33-6-2-4-18-40-33/h7-16,23-24,32-33H,1-6,17-22H2. The predicted octanol–water partition coefficient (Wildman–Crippen LogP) is 6.23. The van der Waals surface area contributed by atoms with Crippen LogP contribution in [0.4, 0.5) is 0 Å². The van der Waals surface area contributed by atoms with Gasteiger partial charge in [0.05, 0.1) is 18.8 Å². The zero-order chi connectivity index (χ0) is 28.8. The number of hydrogen-bond acceptors (Lipinski definition) is 9. The maximum Gasteiger partial charge on any atom is 0.199 e. The predicted molar refractivity (Wildman–Crippen MR) is 155 cm³/mol. The Morgan fingerprint density at radius 2 is 1.02 bits per heavy atom. The van der Waals surface area contributed by atoms with Crippen molar-refractivity contribution in [3.8, 4) is 34.5 Å². The summed E-state index contributed by atoms with van der Waals surface area (Å²) in [6.07, 6.45) is 6.61. The van der Waals surface area contributed by atoms with Gasteiger partial charge in [0.25, 0.3) is 0 Å². The third-order valence-electron chi connectivity index (χ3n) is 6.80. The van der Waals surface area contributed by atoms with E-state index in [1.165, 1.54) is 0 Å². The molecule has 42 heavy (non-hydrogen) atoms. The van der Waals surface area contributed by atoms with Crippen LogP contribution in [-0.4, -0.2) is 58.5 Å². The molecule has 0 spiro atoms. The Balaban J connectivity index is 0.985. The summed E-state index contributed by atoms with van der Waals surface area (Å²) in [5, 5.41) is 0. The van der Waals surface area contributed by atoms with Crippen LogP contribution in [0.5, 0.6) is 34.5 Å². The second kappa shape index (κ2) is 15.9. The number of rotatable bonds is 15. The van der Waals surface area contributed by atoms with E-state index in [0.29, 0.717) is 48.4 Å². The van der Waals surface area contributed by atoms with E-state index in [1.807, 2.05) is 48.5 Å². The van der Waals surface area contributed by atoms with Crippen LogP contribution in [0.2, 0.25) is 0 Å². The van der Waals surface area contributed by atoms with Gasteiger partial charge in [-0.25, -0.2) is 0 Å². The second-order valence-electron chi connectivity index (χ2n) is 9.98. The van der Waals surface area contributed by atoms with E-state index in [9.17, 15) is 4.79 Å². The van der Waals surface area contributed by atoms with Crippen LogP contribution in [-0.2, 0) is 9.47 Å². The third-order valence-corrected chi connectivity index (χ3v) is 6.80. The highest BCUT2D eigenvalue weighted by atomic mass is 16.7. The first-order valence-electron chi connectivity index (χ1n) is 14.6. The fraction of sp³-hybridized carbons (Fsp3) is 0.424. The van der Waals surface area contributed by atoms with Crippen LogP contribution in [0.3, 0.4) is 0 Å². The molecule has 2 atom stereocenters. The minimum Gasteiger partial charge on any atom is -0.490 e. The van der Waals surface area contributed by atoms with Gasteiger partial charge in [0.1, 0.15) is 60.9 Å². The SMILES string of the molecule is O=Cc1cc(OCCOc2ccc(OC3CCCCO3)cc2)ccc1OCCOc1ccc(OC2CCCCO2)cc1. The largest absolute Gasteiger partial charge is 0.490 e. The van der Waals surface area contributed by atoms with Gasteiger partial charge in [-0.1, -0.05) is 0 Å². The fourth-order valence-corrected chi connectivity index (χ4v) is 4.61. The highest BCUT2D eigenvalue weighted by Crippen LogP contribution is 2.25. The molecule has 0 bridgehead atoms. The molecule has 224 valence electrons. The van der Waals surface area contributed by atoms with Gasteiger partial charge in [-0.3, -0.25) is 4.79 Å². The summed E-state index contributed by atoms with van der Waals surface area (Å²) in [7, 11) is 0. The maximum atomic E-state index is 11.6. The normalized spacial score (nSPS) is 18.5. The molecule has 2 aliphatic heterocycles. The van der Waals surface area contributed by atoms with Gasteiger partial charge >= 0.3 is 0 Å². The number of aldehydes is 1. The van der Waals surface area contributed by atoms with E-state index in [4.69, 9.17) is 37.9 Å². The molecular formula is C33H38O9. The molecule has 3 aromatic rings. The van der Waals surface area contributed by atoms with Crippen LogP contribution in [0, 0.1) is 0 Å². The molecule has 0 aliphatic carbocycles. The first-order chi connectivity index (χ1) is 20.7. The van der Waals surface area contributed by atoms with Gasteiger partial charge in [0.15, 0.2) is 18.9 Å². The molecule has 0 aromatic heterocycles. The number of hydrogen-bond donors (Lipinski definition) is 0. The van der Waals surface area contributed by atoms with Crippen LogP contribution in [0.25, 0.3) is 0 Å². The minimum atomic E-state index is -0.179. The van der Waals surface area contributed by atoms with Gasteiger partial charge in [0.2, 0.25) is 0 Å². The van der Waals surface area contributed by atoms with Gasteiger partial charge < -0.3 is 37.9 Å². The molecule has 2 unspecified atom stereocenters. The highest BCUT2D eigenvalue weighted by Gasteiger charge is 2.16. The molecule has 5 rings (SSSR count). The molecule has 2 aliphatic rings. The molecule has 0 radical (unpaired) electrons. The third kappa shape index (κ3) is 9.29. The van der Waals surface area contributed by atoms with Gasteiger partial charge in [-0.15, -0.1) is 0 Å². The topological polar surface area (TPSA) is 90.9 Å². The van der Waals surface area contributed by atoms with E-state index < -0.39 is 0 Å². The van der Waals surface area contributed by atoms with Crippen molar-refractivity contribution in [3.05, 3.63) is 72.3 Å². The van der Waals surface area contributed by atoms with E-state index in [-0.39, 0.29) is 19.2 Å². The summed E-state index contributed by atoms with van der Waals surface area (Å²) < 4.78 is 46.0. The lowest BCUT2D eigenvalue weighted by Gasteiger charge is -2.23. The Morgan fingerprint density at radius 1 is 0.571 bits per heavy atom. The maximum absolute atomic E-state index is 11.6. The monoisotopic (exact) mass is 578 g/mol. The van der Waals surface area contributed by atoms with Crippen molar-refractivity contribution in [2.24, 2.45) is 0 Å². The molecule has 2 heterocycles. The Bertz CT molecular complexity index is 1220. The summed E-state index contributed by atoms with van der Waals surface area (Å²) in [5.41, 5.74) is 0.400. The molecule has 3 aromatic carbocycles. The minimum absolute atomic E-state index is 0.175. The quantitative estimate of drug-likeness (QED) is 0.154. The Hall–Kier alpha value is -3.95. The number of carbonyl (C=O) groups is 1. The van der Waals surface area contributed by atoms with Crippen molar-refractivity contribution in [2.45, 2.75) is 51.1 Å². The fourth-order valence-electron chi connectivity index (χ4n) is 4.61. The second-order valence-corrected chi connectivity index (χ2v) is 9.98. The summed E-state index contributed by atoms with van der Waals surface area (Å²) in [6, 6.07) is 20.0. The zero-order valence-corrected chi connectivity index (χ0v) is 23.7. The lowest BCUT2D eigenvalue weighted by molar-refractivity contribution is -0.106. The number of carbonyl (C=O) groups excluding carboxylic acids is 1. The summed E-state index contributed by atoms with van der Waals surface area (Å²) >= 11 is 0. The summed E-state index contributed by atoms with van der Waals surface area (Å²) in [5.74, 6) is 3.95. The molecule has 9 heteroatoms. The Kier molecular flexibility index (Phi) is 11.2. The molecule has 2 fully saturated rings. The lowest BCUT2D eigenvalue weighted by Crippen LogP contribution is -2.24. The van der Waals surface area contributed by atoms with Gasteiger partial charge in [-0.2, -0.15) is 0 Å². The van der Waals surface area contributed by atoms with E-state index >= 15 is 0 Å². The van der Waals surface area contributed by atoms with Crippen molar-refractivity contribution in [1.82, 2.24) is 0 Å². The average molecular weight is 579 g/mol. The molecule has 0 saturated carbocycles. The number of benzene rings is 3. The van der Waals surface area contributed by atoms with E-state index in [1.54, 1.807) is 18.2 Å². The first-order valence-corrected chi connectivity index (χ1v) is 14.6. The summed E-state index contributed by atoms with van der Waals surface area (Å²) in [4.78, 5) is 11.6. The van der Waals surface area contributed by atoms with Crippen molar-refractivity contribution in [3.63, 3.8) is 0 Å². The average Bonchev–Trinajstić information content (AvgIpc) is 3.04. The van der Waals surface area contributed by atoms with Crippen molar-refractivity contribution in [2.75, 3.05) is 39.6 Å². The summed E-state index contributed by atoms with van der Waals surface area (Å²) in [6.45, 7) is 2.75. The van der Waals surface area contributed by atoms with E-state index in [2.05, 4.69) is 0 Å². The van der Waals surface area contributed by atoms with Gasteiger partial charge in [-0.05, 0) is 92.4 Å².